The molecule has 0 aliphatic carbocycles. The molecule has 94 valence electrons. The van der Waals surface area contributed by atoms with Gasteiger partial charge in [-0.3, -0.25) is 4.79 Å². The third-order valence-corrected chi connectivity index (χ3v) is 3.54. The van der Waals surface area contributed by atoms with E-state index in [1.165, 1.54) is 11.8 Å². The van der Waals surface area contributed by atoms with Crippen LogP contribution in [0.25, 0.3) is 0 Å². The lowest BCUT2D eigenvalue weighted by atomic mass is 10.3. The number of aliphatic hydroxyl groups excluding tert-OH is 1. The smallest absolute Gasteiger partial charge is 0.230 e. The van der Waals surface area contributed by atoms with Crippen LogP contribution >= 0.6 is 27.7 Å². The van der Waals surface area contributed by atoms with Crippen molar-refractivity contribution in [1.82, 2.24) is 5.32 Å². The molecule has 0 heterocycles. The van der Waals surface area contributed by atoms with Gasteiger partial charge in [0.25, 0.3) is 0 Å². The number of rotatable bonds is 6. The van der Waals surface area contributed by atoms with E-state index >= 15 is 0 Å². The summed E-state index contributed by atoms with van der Waals surface area (Å²) < 4.78 is 1.01. The number of carbonyl (C=O) groups excluding carboxylic acids is 1. The number of amides is 1. The zero-order valence-corrected chi connectivity index (χ0v) is 12.1. The van der Waals surface area contributed by atoms with Crippen LogP contribution in [0.2, 0.25) is 0 Å². The molecule has 0 saturated carbocycles. The summed E-state index contributed by atoms with van der Waals surface area (Å²) in [4.78, 5) is 12.5. The molecule has 0 fully saturated rings. The van der Waals surface area contributed by atoms with Crippen molar-refractivity contribution in [1.29, 1.82) is 0 Å². The first-order chi connectivity index (χ1) is 8.08. The summed E-state index contributed by atoms with van der Waals surface area (Å²) in [5.74, 6) is 0.395. The van der Waals surface area contributed by atoms with Gasteiger partial charge < -0.3 is 10.4 Å². The molecule has 1 atom stereocenters. The molecule has 0 aromatic heterocycles. The van der Waals surface area contributed by atoms with Gasteiger partial charge in [-0.15, -0.1) is 11.8 Å². The normalized spacial score (nSPS) is 12.2. The fourth-order valence-corrected chi connectivity index (χ4v) is 2.51. The Bertz CT molecular complexity index is 371. The predicted octanol–water partition coefficient (Wildman–Crippen LogP) is 2.43. The van der Waals surface area contributed by atoms with Crippen LogP contribution in [-0.4, -0.2) is 29.4 Å². The zero-order valence-electron chi connectivity index (χ0n) is 9.65. The Hall–Kier alpha value is -0.520. The average Bonchev–Trinajstić information content (AvgIpc) is 2.26. The molecule has 0 bridgehead atoms. The summed E-state index contributed by atoms with van der Waals surface area (Å²) >= 11 is 4.88. The van der Waals surface area contributed by atoms with E-state index in [4.69, 9.17) is 5.11 Å². The molecule has 0 aliphatic rings. The van der Waals surface area contributed by atoms with Gasteiger partial charge in [-0.1, -0.05) is 22.0 Å². The molecule has 17 heavy (non-hydrogen) atoms. The SMILES string of the molecule is CC(O)CCNC(=O)CSc1cccc(Br)c1. The molecule has 2 N–H and O–H groups in total. The van der Waals surface area contributed by atoms with E-state index in [-0.39, 0.29) is 12.0 Å². The minimum absolute atomic E-state index is 0.00405. The number of hydrogen-bond donors (Lipinski definition) is 2. The Balaban J connectivity index is 2.24. The predicted molar refractivity (Wildman–Crippen MR) is 74.2 cm³/mol. The average molecular weight is 318 g/mol. The van der Waals surface area contributed by atoms with Crippen LogP contribution in [0.1, 0.15) is 13.3 Å². The first-order valence-electron chi connectivity index (χ1n) is 5.41. The van der Waals surface area contributed by atoms with Crippen LogP contribution in [0.5, 0.6) is 0 Å². The van der Waals surface area contributed by atoms with Crippen LogP contribution in [0.3, 0.4) is 0 Å². The van der Waals surface area contributed by atoms with Crippen molar-refractivity contribution in [2.75, 3.05) is 12.3 Å². The van der Waals surface area contributed by atoms with Crippen molar-refractivity contribution in [2.24, 2.45) is 0 Å². The summed E-state index contributed by atoms with van der Waals surface area (Å²) in [6.45, 7) is 2.23. The Kier molecular flexibility index (Phi) is 6.62. The number of halogens is 1. The highest BCUT2D eigenvalue weighted by molar-refractivity contribution is 9.10. The summed E-state index contributed by atoms with van der Waals surface area (Å²) in [5.41, 5.74) is 0. The quantitative estimate of drug-likeness (QED) is 0.792. The molecule has 3 nitrogen and oxygen atoms in total. The van der Waals surface area contributed by atoms with E-state index in [1.807, 2.05) is 24.3 Å². The fourth-order valence-electron chi connectivity index (χ4n) is 1.18. The van der Waals surface area contributed by atoms with E-state index in [0.29, 0.717) is 18.7 Å². The molecule has 0 spiro atoms. The van der Waals surface area contributed by atoms with Crippen molar-refractivity contribution in [2.45, 2.75) is 24.3 Å². The molecule has 1 unspecified atom stereocenters. The topological polar surface area (TPSA) is 49.3 Å². The second-order valence-electron chi connectivity index (χ2n) is 3.73. The molecule has 0 saturated heterocycles. The largest absolute Gasteiger partial charge is 0.393 e. The van der Waals surface area contributed by atoms with Gasteiger partial charge in [0.05, 0.1) is 11.9 Å². The summed E-state index contributed by atoms with van der Waals surface area (Å²) in [7, 11) is 0. The van der Waals surface area contributed by atoms with Crippen LogP contribution in [-0.2, 0) is 4.79 Å². The lowest BCUT2D eigenvalue weighted by Gasteiger charge is -2.06. The monoisotopic (exact) mass is 317 g/mol. The molecular formula is C12H16BrNO2S. The van der Waals surface area contributed by atoms with Crippen LogP contribution in [0, 0.1) is 0 Å². The van der Waals surface area contributed by atoms with Gasteiger partial charge in [0.1, 0.15) is 0 Å². The third-order valence-electron chi connectivity index (χ3n) is 2.05. The summed E-state index contributed by atoms with van der Waals surface area (Å²) in [6.07, 6.45) is 0.223. The van der Waals surface area contributed by atoms with Gasteiger partial charge in [0, 0.05) is 15.9 Å². The molecule has 0 aliphatic heterocycles. The number of carbonyl (C=O) groups is 1. The van der Waals surface area contributed by atoms with Gasteiger partial charge in [-0.2, -0.15) is 0 Å². The number of thioether (sulfide) groups is 1. The molecule has 1 aromatic carbocycles. The minimum Gasteiger partial charge on any atom is -0.393 e. The Morgan fingerprint density at radius 1 is 1.59 bits per heavy atom. The number of hydrogen-bond acceptors (Lipinski definition) is 3. The van der Waals surface area contributed by atoms with Gasteiger partial charge in [0.2, 0.25) is 5.91 Å². The van der Waals surface area contributed by atoms with Gasteiger partial charge in [-0.05, 0) is 31.5 Å². The van der Waals surface area contributed by atoms with Crippen LogP contribution in [0.4, 0.5) is 0 Å². The lowest BCUT2D eigenvalue weighted by molar-refractivity contribution is -0.118. The molecule has 1 rings (SSSR count). The third kappa shape index (κ3) is 6.71. The maximum Gasteiger partial charge on any atom is 0.230 e. The Labute approximate surface area is 114 Å². The second kappa shape index (κ2) is 7.74. The van der Waals surface area contributed by atoms with E-state index in [0.717, 1.165) is 9.37 Å². The Morgan fingerprint density at radius 3 is 3.00 bits per heavy atom. The van der Waals surface area contributed by atoms with Crippen molar-refractivity contribution < 1.29 is 9.90 Å². The number of nitrogens with one attached hydrogen (secondary N) is 1. The number of benzene rings is 1. The van der Waals surface area contributed by atoms with Crippen molar-refractivity contribution in [3.63, 3.8) is 0 Å². The standard InChI is InChI=1S/C12H16BrNO2S/c1-9(15)5-6-14-12(16)8-17-11-4-2-3-10(13)7-11/h2-4,7,9,15H,5-6,8H2,1H3,(H,14,16). The van der Waals surface area contributed by atoms with Crippen molar-refractivity contribution in [3.05, 3.63) is 28.7 Å². The Morgan fingerprint density at radius 2 is 2.35 bits per heavy atom. The second-order valence-corrected chi connectivity index (χ2v) is 5.70. The molecule has 0 radical (unpaired) electrons. The van der Waals surface area contributed by atoms with Crippen molar-refractivity contribution >= 4 is 33.6 Å². The van der Waals surface area contributed by atoms with Crippen LogP contribution < -0.4 is 5.32 Å². The fraction of sp³-hybridized carbons (Fsp3) is 0.417. The maximum absolute atomic E-state index is 11.5. The first kappa shape index (κ1) is 14.5. The van der Waals surface area contributed by atoms with Crippen LogP contribution in [0.15, 0.2) is 33.6 Å². The summed E-state index contributed by atoms with van der Waals surface area (Å²) in [6, 6.07) is 7.84. The van der Waals surface area contributed by atoms with Gasteiger partial charge in [0.15, 0.2) is 0 Å². The van der Waals surface area contributed by atoms with Gasteiger partial charge >= 0.3 is 0 Å². The van der Waals surface area contributed by atoms with E-state index in [1.54, 1.807) is 6.92 Å². The highest BCUT2D eigenvalue weighted by Crippen LogP contribution is 2.21. The van der Waals surface area contributed by atoms with Crippen molar-refractivity contribution in [3.8, 4) is 0 Å². The zero-order chi connectivity index (χ0) is 12.7. The summed E-state index contributed by atoms with van der Waals surface area (Å²) in [5, 5.41) is 11.8. The lowest BCUT2D eigenvalue weighted by Crippen LogP contribution is -2.27. The van der Waals surface area contributed by atoms with E-state index < -0.39 is 0 Å². The maximum atomic E-state index is 11.5. The molecule has 1 amide bonds. The molecule has 1 aromatic rings. The highest BCUT2D eigenvalue weighted by Gasteiger charge is 2.03. The highest BCUT2D eigenvalue weighted by atomic mass is 79.9. The number of aliphatic hydroxyl groups is 1. The molecule has 5 heteroatoms. The minimum atomic E-state index is -0.368. The van der Waals surface area contributed by atoms with E-state index in [2.05, 4.69) is 21.2 Å². The first-order valence-corrected chi connectivity index (χ1v) is 7.19. The van der Waals surface area contributed by atoms with Gasteiger partial charge in [-0.25, -0.2) is 0 Å². The van der Waals surface area contributed by atoms with E-state index in [9.17, 15) is 4.79 Å². The molecular weight excluding hydrogens is 302 g/mol.